The van der Waals surface area contributed by atoms with E-state index in [-0.39, 0.29) is 11.7 Å². The summed E-state index contributed by atoms with van der Waals surface area (Å²) in [6, 6.07) is 5.41. The van der Waals surface area contributed by atoms with Gasteiger partial charge in [0.25, 0.3) is 0 Å². The van der Waals surface area contributed by atoms with Crippen molar-refractivity contribution in [3.63, 3.8) is 0 Å². The Labute approximate surface area is 127 Å². The van der Waals surface area contributed by atoms with Crippen LogP contribution in [0.1, 0.15) is 36.8 Å². The molecule has 0 aliphatic heterocycles. The quantitative estimate of drug-likeness (QED) is 0.899. The van der Waals surface area contributed by atoms with Crippen LogP contribution in [0.2, 0.25) is 0 Å². The van der Waals surface area contributed by atoms with Crippen molar-refractivity contribution in [3.05, 3.63) is 29.3 Å². The van der Waals surface area contributed by atoms with Gasteiger partial charge < -0.3 is 15.1 Å². The molecule has 4 atom stereocenters. The predicted octanol–water partition coefficient (Wildman–Crippen LogP) is 2.89. The zero-order valence-corrected chi connectivity index (χ0v) is 13.3. The third-order valence-electron chi connectivity index (χ3n) is 5.61. The second-order valence-corrected chi connectivity index (χ2v) is 7.44. The lowest BCUT2D eigenvalue weighted by atomic mass is 9.65. The van der Waals surface area contributed by atoms with Crippen LogP contribution in [0.4, 0.5) is 0 Å². The van der Waals surface area contributed by atoms with Crippen LogP contribution >= 0.6 is 0 Å². The first-order valence-electron chi connectivity index (χ1n) is 8.07. The molecule has 0 spiro atoms. The van der Waals surface area contributed by atoms with Crippen LogP contribution in [0.3, 0.4) is 0 Å². The third-order valence-corrected chi connectivity index (χ3v) is 5.61. The fourth-order valence-corrected chi connectivity index (χ4v) is 4.73. The van der Waals surface area contributed by atoms with Gasteiger partial charge in [0, 0.05) is 12.5 Å². The molecule has 3 heteroatoms. The number of benzene rings is 1. The van der Waals surface area contributed by atoms with E-state index in [2.05, 4.69) is 19.0 Å². The topological polar surface area (TPSA) is 43.7 Å². The van der Waals surface area contributed by atoms with Crippen LogP contribution in [0.5, 0.6) is 5.75 Å². The molecule has 2 fully saturated rings. The maximum Gasteiger partial charge on any atom is 0.115 e. The van der Waals surface area contributed by atoms with E-state index in [0.717, 1.165) is 24.1 Å². The normalized spacial score (nSPS) is 35.4. The standard InChI is InChI=1S/C18H27NO2/c1-12-4-7-15(20)9-16(12)18(21)10-13-5-6-14(8-13)17(18)11-19(2)3/h4,7,9,13-14,17,20-21H,5-6,8,10-11H2,1-3H3/t13?,14?,17-,18-/m0/s1. The van der Waals surface area contributed by atoms with Crippen LogP contribution in [0.25, 0.3) is 0 Å². The lowest BCUT2D eigenvalue weighted by molar-refractivity contribution is -0.0896. The van der Waals surface area contributed by atoms with E-state index in [4.69, 9.17) is 0 Å². The number of aromatic hydroxyl groups is 1. The highest BCUT2D eigenvalue weighted by atomic mass is 16.3. The first-order chi connectivity index (χ1) is 9.90. The van der Waals surface area contributed by atoms with Gasteiger partial charge >= 0.3 is 0 Å². The second kappa shape index (κ2) is 5.29. The zero-order valence-electron chi connectivity index (χ0n) is 13.3. The Balaban J connectivity index is 2.04. The van der Waals surface area contributed by atoms with Crippen molar-refractivity contribution in [1.29, 1.82) is 0 Å². The van der Waals surface area contributed by atoms with Gasteiger partial charge in [0.15, 0.2) is 0 Å². The highest BCUT2D eigenvalue weighted by Crippen LogP contribution is 2.55. The number of phenols is 1. The lowest BCUT2D eigenvalue weighted by Crippen LogP contribution is -2.47. The molecule has 21 heavy (non-hydrogen) atoms. The maximum atomic E-state index is 11.6. The molecule has 2 N–H and O–H groups in total. The fourth-order valence-electron chi connectivity index (χ4n) is 4.73. The summed E-state index contributed by atoms with van der Waals surface area (Å²) >= 11 is 0. The van der Waals surface area contributed by atoms with E-state index in [9.17, 15) is 10.2 Å². The van der Waals surface area contributed by atoms with Gasteiger partial charge in [0.05, 0.1) is 5.60 Å². The minimum absolute atomic E-state index is 0.255. The molecule has 0 saturated heterocycles. The smallest absolute Gasteiger partial charge is 0.115 e. The number of phenolic OH excluding ortho intramolecular Hbond substituents is 1. The van der Waals surface area contributed by atoms with Gasteiger partial charge in [-0.1, -0.05) is 12.5 Å². The minimum Gasteiger partial charge on any atom is -0.508 e. The molecule has 1 aromatic carbocycles. The molecule has 116 valence electrons. The van der Waals surface area contributed by atoms with Gasteiger partial charge in [-0.2, -0.15) is 0 Å². The van der Waals surface area contributed by atoms with Gasteiger partial charge in [0.2, 0.25) is 0 Å². The van der Waals surface area contributed by atoms with E-state index < -0.39 is 5.60 Å². The number of fused-ring (bicyclic) bond motifs is 2. The van der Waals surface area contributed by atoms with Crippen LogP contribution in [0, 0.1) is 24.7 Å². The van der Waals surface area contributed by atoms with Crippen molar-refractivity contribution >= 4 is 0 Å². The monoisotopic (exact) mass is 289 g/mol. The van der Waals surface area contributed by atoms with Crippen molar-refractivity contribution in [3.8, 4) is 5.75 Å². The summed E-state index contributed by atoms with van der Waals surface area (Å²) in [4.78, 5) is 2.19. The second-order valence-electron chi connectivity index (χ2n) is 7.44. The summed E-state index contributed by atoms with van der Waals surface area (Å²) in [6.45, 7) is 2.94. The van der Waals surface area contributed by atoms with E-state index in [1.807, 2.05) is 13.0 Å². The maximum absolute atomic E-state index is 11.6. The van der Waals surface area contributed by atoms with E-state index in [0.29, 0.717) is 11.8 Å². The molecule has 2 saturated carbocycles. The Hall–Kier alpha value is -1.06. The number of rotatable bonds is 3. The van der Waals surface area contributed by atoms with Gasteiger partial charge in [-0.3, -0.25) is 0 Å². The molecule has 2 unspecified atom stereocenters. The fraction of sp³-hybridized carbons (Fsp3) is 0.667. The Morgan fingerprint density at radius 3 is 2.76 bits per heavy atom. The summed E-state index contributed by atoms with van der Waals surface area (Å²) in [6.07, 6.45) is 4.59. The van der Waals surface area contributed by atoms with Crippen LogP contribution in [-0.4, -0.2) is 35.8 Å². The van der Waals surface area contributed by atoms with Gasteiger partial charge in [0.1, 0.15) is 5.75 Å². The number of aryl methyl sites for hydroxylation is 1. The number of aliphatic hydroxyl groups is 1. The zero-order chi connectivity index (χ0) is 15.2. The summed E-state index contributed by atoms with van der Waals surface area (Å²) in [7, 11) is 4.16. The SMILES string of the molecule is Cc1ccc(O)cc1[C@@]1(O)CC2CCC(C2)[C@@H]1CN(C)C. The van der Waals surface area contributed by atoms with Crippen molar-refractivity contribution in [1.82, 2.24) is 4.90 Å². The third kappa shape index (κ3) is 2.58. The Morgan fingerprint density at radius 2 is 2.05 bits per heavy atom. The lowest BCUT2D eigenvalue weighted by Gasteiger charge is -2.46. The van der Waals surface area contributed by atoms with Gasteiger partial charge in [-0.25, -0.2) is 0 Å². The van der Waals surface area contributed by atoms with Crippen LogP contribution < -0.4 is 0 Å². The number of hydrogen-bond donors (Lipinski definition) is 2. The van der Waals surface area contributed by atoms with Crippen LogP contribution in [-0.2, 0) is 5.60 Å². The summed E-state index contributed by atoms with van der Waals surface area (Å²) in [5, 5.41) is 21.5. The van der Waals surface area contributed by atoms with Gasteiger partial charge in [-0.05, 0) is 75.4 Å². The van der Waals surface area contributed by atoms with Crippen molar-refractivity contribution in [2.45, 2.75) is 38.2 Å². The van der Waals surface area contributed by atoms with E-state index in [1.54, 1.807) is 12.1 Å². The molecule has 3 rings (SSSR count). The predicted molar refractivity (Wildman–Crippen MR) is 84.2 cm³/mol. The molecule has 0 aromatic heterocycles. The van der Waals surface area contributed by atoms with Crippen molar-refractivity contribution in [2.24, 2.45) is 17.8 Å². The molecule has 0 radical (unpaired) electrons. The number of nitrogens with zero attached hydrogens (tertiary/aromatic N) is 1. The Bertz CT molecular complexity index is 528. The molecule has 2 aliphatic rings. The summed E-state index contributed by atoms with van der Waals surface area (Å²) in [5.41, 5.74) is 1.23. The molecule has 0 heterocycles. The summed E-state index contributed by atoms with van der Waals surface area (Å²) < 4.78 is 0. The van der Waals surface area contributed by atoms with E-state index >= 15 is 0 Å². The largest absolute Gasteiger partial charge is 0.508 e. The molecule has 3 nitrogen and oxygen atoms in total. The number of hydrogen-bond acceptors (Lipinski definition) is 3. The Kier molecular flexibility index (Phi) is 3.74. The average molecular weight is 289 g/mol. The average Bonchev–Trinajstić information content (AvgIpc) is 2.81. The molecular weight excluding hydrogens is 262 g/mol. The molecule has 1 aromatic rings. The van der Waals surface area contributed by atoms with Gasteiger partial charge in [-0.15, -0.1) is 0 Å². The Morgan fingerprint density at radius 1 is 1.29 bits per heavy atom. The first kappa shape index (κ1) is 14.9. The minimum atomic E-state index is -0.794. The van der Waals surface area contributed by atoms with Crippen molar-refractivity contribution in [2.75, 3.05) is 20.6 Å². The molecule has 2 bridgehead atoms. The highest BCUT2D eigenvalue weighted by molar-refractivity contribution is 5.39. The molecule has 0 amide bonds. The van der Waals surface area contributed by atoms with Crippen LogP contribution in [0.15, 0.2) is 18.2 Å². The molecule has 2 aliphatic carbocycles. The summed E-state index contributed by atoms with van der Waals surface area (Å²) in [5.74, 6) is 1.76. The molecular formula is C18H27NO2. The highest BCUT2D eigenvalue weighted by Gasteiger charge is 2.51. The van der Waals surface area contributed by atoms with Crippen molar-refractivity contribution < 1.29 is 10.2 Å². The first-order valence-corrected chi connectivity index (χ1v) is 8.07. The van der Waals surface area contributed by atoms with E-state index in [1.165, 1.54) is 19.3 Å².